The van der Waals surface area contributed by atoms with Crippen LogP contribution in [-0.4, -0.2) is 27.2 Å². The Kier molecular flexibility index (Phi) is 6.57. The first kappa shape index (κ1) is 22.4. The third-order valence-electron chi connectivity index (χ3n) is 4.72. The number of carbonyl (C=O) groups excluding carboxylic acids is 1. The van der Waals surface area contributed by atoms with E-state index in [2.05, 4.69) is 10.0 Å². The predicted octanol–water partition coefficient (Wildman–Crippen LogP) is 4.25. The number of ether oxygens (including phenoxy) is 2. The largest absolute Gasteiger partial charge is 0.454 e. The lowest BCUT2D eigenvalue weighted by molar-refractivity contribution is -0.117. The van der Waals surface area contributed by atoms with Crippen LogP contribution in [0.4, 0.5) is 5.69 Å². The molecule has 0 saturated heterocycles. The topological polar surface area (TPSA) is 93.7 Å². The fourth-order valence-corrected chi connectivity index (χ4v) is 5.57. The van der Waals surface area contributed by atoms with Crippen molar-refractivity contribution in [1.29, 1.82) is 0 Å². The first-order valence-corrected chi connectivity index (χ1v) is 11.8. The summed E-state index contributed by atoms with van der Waals surface area (Å²) in [5.74, 6) is 0.503. The van der Waals surface area contributed by atoms with Gasteiger partial charge in [0.1, 0.15) is 10.9 Å². The Morgan fingerprint density at radius 2 is 1.62 bits per heavy atom. The summed E-state index contributed by atoms with van der Waals surface area (Å²) < 4.78 is 39.2. The minimum atomic E-state index is -4.21. The minimum Gasteiger partial charge on any atom is -0.454 e. The zero-order valence-electron chi connectivity index (χ0n) is 16.5. The molecule has 10 heteroatoms. The Balaban J connectivity index is 1.61. The molecule has 0 unspecified atom stereocenters. The van der Waals surface area contributed by atoms with Crippen molar-refractivity contribution in [3.63, 3.8) is 0 Å². The number of hydrogen-bond acceptors (Lipinski definition) is 5. The van der Waals surface area contributed by atoms with E-state index in [4.69, 9.17) is 32.7 Å². The summed E-state index contributed by atoms with van der Waals surface area (Å²) >= 11 is 12.2. The first-order chi connectivity index (χ1) is 15.3. The number of anilines is 1. The highest BCUT2D eigenvalue weighted by molar-refractivity contribution is 7.89. The van der Waals surface area contributed by atoms with Crippen molar-refractivity contribution in [2.45, 2.75) is 17.4 Å². The SMILES string of the molecule is O=C(Nc1ccc2c(c1)OCO2)[C@@H](Cc1ccccc1)NS(=O)(=O)c1c(Cl)cccc1Cl. The Labute approximate surface area is 195 Å². The summed E-state index contributed by atoms with van der Waals surface area (Å²) in [6, 6.07) is 17.2. The van der Waals surface area contributed by atoms with E-state index in [1.165, 1.54) is 18.2 Å². The normalized spacial score (nSPS) is 13.6. The third-order valence-corrected chi connectivity index (χ3v) is 7.15. The van der Waals surface area contributed by atoms with E-state index >= 15 is 0 Å². The molecule has 0 saturated carbocycles. The molecule has 0 spiro atoms. The van der Waals surface area contributed by atoms with Gasteiger partial charge in [0.25, 0.3) is 0 Å². The second-order valence-electron chi connectivity index (χ2n) is 6.97. The van der Waals surface area contributed by atoms with Crippen LogP contribution in [0.25, 0.3) is 0 Å². The second-order valence-corrected chi connectivity index (χ2v) is 9.44. The number of carbonyl (C=O) groups is 1. The van der Waals surface area contributed by atoms with E-state index in [1.807, 2.05) is 18.2 Å². The lowest BCUT2D eigenvalue weighted by atomic mass is 10.1. The highest BCUT2D eigenvalue weighted by atomic mass is 35.5. The van der Waals surface area contributed by atoms with E-state index in [1.54, 1.807) is 30.3 Å². The van der Waals surface area contributed by atoms with Crippen molar-refractivity contribution in [3.8, 4) is 11.5 Å². The highest BCUT2D eigenvalue weighted by Crippen LogP contribution is 2.34. The van der Waals surface area contributed by atoms with Gasteiger partial charge in [0.15, 0.2) is 11.5 Å². The number of rotatable bonds is 7. The maximum atomic E-state index is 13.1. The monoisotopic (exact) mass is 492 g/mol. The summed E-state index contributed by atoms with van der Waals surface area (Å²) in [4.78, 5) is 12.8. The van der Waals surface area contributed by atoms with Gasteiger partial charge >= 0.3 is 0 Å². The number of sulfonamides is 1. The average Bonchev–Trinajstić information content (AvgIpc) is 3.21. The van der Waals surface area contributed by atoms with Crippen LogP contribution in [0.5, 0.6) is 11.5 Å². The van der Waals surface area contributed by atoms with Crippen molar-refractivity contribution in [2.24, 2.45) is 0 Å². The van der Waals surface area contributed by atoms with Crippen LogP contribution in [0.1, 0.15) is 5.56 Å². The van der Waals surface area contributed by atoms with Crippen molar-refractivity contribution < 1.29 is 22.7 Å². The van der Waals surface area contributed by atoms with Gasteiger partial charge in [-0.3, -0.25) is 4.79 Å². The van der Waals surface area contributed by atoms with Crippen LogP contribution in [-0.2, 0) is 21.2 Å². The Morgan fingerprint density at radius 3 is 2.34 bits per heavy atom. The predicted molar refractivity (Wildman–Crippen MR) is 122 cm³/mol. The third kappa shape index (κ3) is 4.99. The molecule has 0 aliphatic carbocycles. The Morgan fingerprint density at radius 1 is 0.938 bits per heavy atom. The first-order valence-electron chi connectivity index (χ1n) is 9.54. The van der Waals surface area contributed by atoms with Crippen LogP contribution in [0, 0.1) is 0 Å². The lowest BCUT2D eigenvalue weighted by Gasteiger charge is -2.20. The van der Waals surface area contributed by atoms with E-state index in [0.717, 1.165) is 5.56 Å². The lowest BCUT2D eigenvalue weighted by Crippen LogP contribution is -2.45. The minimum absolute atomic E-state index is 0.0420. The van der Waals surface area contributed by atoms with Gasteiger partial charge in [0, 0.05) is 11.8 Å². The number of hydrogen-bond donors (Lipinski definition) is 2. The molecular formula is C22H18Cl2N2O5S. The highest BCUT2D eigenvalue weighted by Gasteiger charge is 2.29. The number of benzene rings is 3. The number of nitrogens with one attached hydrogen (secondary N) is 2. The molecule has 32 heavy (non-hydrogen) atoms. The van der Waals surface area contributed by atoms with Gasteiger partial charge in [-0.25, -0.2) is 8.42 Å². The molecule has 3 aromatic carbocycles. The van der Waals surface area contributed by atoms with E-state index in [9.17, 15) is 13.2 Å². The summed E-state index contributed by atoms with van der Waals surface area (Å²) in [5.41, 5.74) is 1.21. The summed E-state index contributed by atoms with van der Waals surface area (Å²) in [5, 5.41) is 2.64. The van der Waals surface area contributed by atoms with Crippen molar-refractivity contribution in [2.75, 3.05) is 12.1 Å². The number of fused-ring (bicyclic) bond motifs is 1. The second kappa shape index (κ2) is 9.38. The fraction of sp³-hybridized carbons (Fsp3) is 0.136. The van der Waals surface area contributed by atoms with E-state index in [-0.39, 0.29) is 28.2 Å². The van der Waals surface area contributed by atoms with Gasteiger partial charge in [0.2, 0.25) is 22.7 Å². The molecule has 2 N–H and O–H groups in total. The summed E-state index contributed by atoms with van der Waals surface area (Å²) in [7, 11) is -4.21. The molecule has 0 aromatic heterocycles. The van der Waals surface area contributed by atoms with Crippen molar-refractivity contribution >= 4 is 44.8 Å². The quantitative estimate of drug-likeness (QED) is 0.514. The van der Waals surface area contributed by atoms with Gasteiger partial charge < -0.3 is 14.8 Å². The molecule has 3 aromatic rings. The smallest absolute Gasteiger partial charge is 0.244 e. The molecule has 0 bridgehead atoms. The standard InChI is InChI=1S/C22H18Cl2N2O5S/c23-16-7-4-8-17(24)21(16)32(28,29)26-18(11-14-5-2-1-3-6-14)22(27)25-15-9-10-19-20(12-15)31-13-30-19/h1-10,12,18,26H,11,13H2,(H,25,27)/t18-/m1/s1. The molecule has 166 valence electrons. The Hall–Kier alpha value is -2.78. The molecular weight excluding hydrogens is 475 g/mol. The van der Waals surface area contributed by atoms with Gasteiger partial charge in [-0.2, -0.15) is 4.72 Å². The van der Waals surface area contributed by atoms with Gasteiger partial charge in [-0.15, -0.1) is 0 Å². The van der Waals surface area contributed by atoms with E-state index in [0.29, 0.717) is 17.2 Å². The molecule has 4 rings (SSSR count). The van der Waals surface area contributed by atoms with Crippen LogP contribution in [0.3, 0.4) is 0 Å². The van der Waals surface area contributed by atoms with Gasteiger partial charge in [0.05, 0.1) is 10.0 Å². The van der Waals surface area contributed by atoms with Crippen LogP contribution < -0.4 is 19.5 Å². The maximum Gasteiger partial charge on any atom is 0.244 e. The van der Waals surface area contributed by atoms with E-state index < -0.39 is 22.0 Å². The zero-order valence-corrected chi connectivity index (χ0v) is 18.9. The van der Waals surface area contributed by atoms with Crippen LogP contribution in [0.15, 0.2) is 71.6 Å². The van der Waals surface area contributed by atoms with Gasteiger partial charge in [-0.05, 0) is 36.2 Å². The molecule has 7 nitrogen and oxygen atoms in total. The van der Waals surface area contributed by atoms with Crippen molar-refractivity contribution in [3.05, 3.63) is 82.3 Å². The van der Waals surface area contributed by atoms with Crippen molar-refractivity contribution in [1.82, 2.24) is 4.72 Å². The Bertz CT molecular complexity index is 1230. The van der Waals surface area contributed by atoms with Crippen LogP contribution >= 0.6 is 23.2 Å². The molecule has 0 fully saturated rings. The fourth-order valence-electron chi connectivity index (χ4n) is 3.23. The molecule has 0 radical (unpaired) electrons. The molecule has 1 atom stereocenters. The molecule has 1 aliphatic heterocycles. The summed E-state index contributed by atoms with van der Waals surface area (Å²) in [6.45, 7) is 0.0990. The average molecular weight is 493 g/mol. The zero-order chi connectivity index (χ0) is 22.7. The van der Waals surface area contributed by atoms with Crippen LogP contribution in [0.2, 0.25) is 10.0 Å². The van der Waals surface area contributed by atoms with Gasteiger partial charge in [-0.1, -0.05) is 59.6 Å². The molecule has 1 aliphatic rings. The molecule has 1 heterocycles. The molecule has 1 amide bonds. The summed E-state index contributed by atoms with van der Waals surface area (Å²) in [6.07, 6.45) is 0.110. The number of halogens is 2. The maximum absolute atomic E-state index is 13.1. The number of amides is 1.